The number of hydrogen-bond donors (Lipinski definition) is 3. The highest BCUT2D eigenvalue weighted by Gasteiger charge is 2.35. The van der Waals surface area contributed by atoms with Gasteiger partial charge in [-0.3, -0.25) is 4.90 Å². The van der Waals surface area contributed by atoms with E-state index in [9.17, 15) is 10.2 Å². The second-order valence-corrected chi connectivity index (χ2v) is 11.6. The number of nitrogens with one attached hydrogen (secondary N) is 1. The number of ether oxygens (including phenoxy) is 1. The number of phenolic OH excluding ortho intramolecular Hbond substituents is 1. The standard InChI is InChI=1S/C32H34FN5O3/c1-18(27-8-5-11-37(27)2)41-32-35-30-26(31(36-32)38-15-21-9-10-22(16-38)34-21)13-20(17-39)28(29(30)33)25-14-23(40)12-19-6-3-4-7-24(19)25/h3-4,6-7,12-14,21-22,27,34,39-40H,1,5,8-11,15-17H2,2H3/t21?,22?,27-/m0/s1. The first-order valence-electron chi connectivity index (χ1n) is 14.3. The Kier molecular flexibility index (Phi) is 6.53. The van der Waals surface area contributed by atoms with Crippen molar-refractivity contribution in [2.45, 2.75) is 50.4 Å². The number of fused-ring (bicyclic) bond motifs is 4. The van der Waals surface area contributed by atoms with Gasteiger partial charge in [-0.15, -0.1) is 0 Å². The minimum Gasteiger partial charge on any atom is -0.508 e. The Hall–Kier alpha value is -3.79. The van der Waals surface area contributed by atoms with Crippen LogP contribution >= 0.6 is 0 Å². The number of nitrogens with zero attached hydrogens (tertiary/aromatic N) is 4. The summed E-state index contributed by atoms with van der Waals surface area (Å²) in [6, 6.07) is 13.2. The van der Waals surface area contributed by atoms with Gasteiger partial charge in [0.05, 0.1) is 12.6 Å². The van der Waals surface area contributed by atoms with Crippen molar-refractivity contribution in [3.05, 3.63) is 66.2 Å². The van der Waals surface area contributed by atoms with E-state index in [1.54, 1.807) is 12.1 Å². The summed E-state index contributed by atoms with van der Waals surface area (Å²) in [4.78, 5) is 13.8. The molecule has 2 unspecified atom stereocenters. The molecule has 4 heterocycles. The Balaban J connectivity index is 1.43. The van der Waals surface area contributed by atoms with Gasteiger partial charge in [0, 0.05) is 36.1 Å². The zero-order valence-corrected chi connectivity index (χ0v) is 23.1. The number of anilines is 1. The van der Waals surface area contributed by atoms with Crippen molar-refractivity contribution in [2.75, 3.05) is 31.6 Å². The molecule has 0 saturated carbocycles. The first-order valence-corrected chi connectivity index (χ1v) is 14.3. The summed E-state index contributed by atoms with van der Waals surface area (Å²) in [5.41, 5.74) is 1.21. The number of piperazine rings is 1. The largest absolute Gasteiger partial charge is 0.508 e. The molecule has 0 aliphatic carbocycles. The molecule has 0 amide bonds. The Bertz CT molecular complexity index is 1670. The van der Waals surface area contributed by atoms with Crippen LogP contribution < -0.4 is 15.0 Å². The Morgan fingerprint density at radius 1 is 1.10 bits per heavy atom. The second-order valence-electron chi connectivity index (χ2n) is 11.6. The summed E-state index contributed by atoms with van der Waals surface area (Å²) in [7, 11) is 2.04. The molecule has 3 atom stereocenters. The topological polar surface area (TPSA) is 94.0 Å². The molecule has 3 saturated heterocycles. The van der Waals surface area contributed by atoms with Gasteiger partial charge in [-0.05, 0) is 79.4 Å². The number of aromatic nitrogens is 2. The van der Waals surface area contributed by atoms with Gasteiger partial charge in [0.1, 0.15) is 22.8 Å². The SMILES string of the molecule is C=C(Oc1nc(N2CC3CCC(C2)N3)c2cc(CO)c(-c3cc(O)cc4ccccc34)c(F)c2n1)[C@@H]1CCCN1C. The summed E-state index contributed by atoms with van der Waals surface area (Å²) in [6.45, 7) is 6.23. The summed E-state index contributed by atoms with van der Waals surface area (Å²) in [5.74, 6) is 0.569. The van der Waals surface area contributed by atoms with Crippen LogP contribution in [0.2, 0.25) is 0 Å². The number of benzene rings is 3. The Morgan fingerprint density at radius 3 is 2.61 bits per heavy atom. The van der Waals surface area contributed by atoms with Crippen LogP contribution in [0.4, 0.5) is 10.2 Å². The molecule has 41 heavy (non-hydrogen) atoms. The highest BCUT2D eigenvalue weighted by atomic mass is 19.1. The molecule has 3 aliphatic heterocycles. The van der Waals surface area contributed by atoms with Crippen molar-refractivity contribution >= 4 is 27.5 Å². The van der Waals surface area contributed by atoms with E-state index in [1.807, 2.05) is 31.3 Å². The predicted molar refractivity (Wildman–Crippen MR) is 158 cm³/mol. The zero-order valence-electron chi connectivity index (χ0n) is 23.1. The molecule has 0 spiro atoms. The average Bonchev–Trinajstić information content (AvgIpc) is 3.55. The van der Waals surface area contributed by atoms with Gasteiger partial charge < -0.3 is 25.2 Å². The first kappa shape index (κ1) is 26.1. The van der Waals surface area contributed by atoms with Gasteiger partial charge in [-0.25, -0.2) is 4.39 Å². The lowest BCUT2D eigenvalue weighted by Crippen LogP contribution is -2.51. The van der Waals surface area contributed by atoms with Crippen LogP contribution in [0.15, 0.2) is 54.8 Å². The average molecular weight is 556 g/mol. The molecule has 7 rings (SSSR count). The molecule has 8 nitrogen and oxygen atoms in total. The highest BCUT2D eigenvalue weighted by Crippen LogP contribution is 2.41. The number of likely N-dealkylation sites (tertiary alicyclic amines) is 1. The number of phenols is 1. The Labute approximate surface area is 238 Å². The maximum atomic E-state index is 16.9. The molecular formula is C32H34FN5O3. The Morgan fingerprint density at radius 2 is 1.88 bits per heavy atom. The van der Waals surface area contributed by atoms with E-state index in [0.717, 1.165) is 56.1 Å². The number of likely N-dealkylation sites (N-methyl/N-ethyl adjacent to an activating group) is 1. The van der Waals surface area contributed by atoms with Crippen molar-refractivity contribution in [1.29, 1.82) is 0 Å². The summed E-state index contributed by atoms with van der Waals surface area (Å²) < 4.78 is 23.0. The third-order valence-electron chi connectivity index (χ3n) is 8.89. The highest BCUT2D eigenvalue weighted by molar-refractivity contribution is 6.02. The smallest absolute Gasteiger partial charge is 0.324 e. The molecular weight excluding hydrogens is 521 g/mol. The van der Waals surface area contributed by atoms with E-state index < -0.39 is 5.82 Å². The quantitative estimate of drug-likeness (QED) is 0.295. The molecule has 3 N–H and O–H groups in total. The van der Waals surface area contributed by atoms with Gasteiger partial charge in [0.25, 0.3) is 0 Å². The van der Waals surface area contributed by atoms with Crippen molar-refractivity contribution < 1.29 is 19.3 Å². The summed E-state index contributed by atoms with van der Waals surface area (Å²) in [5, 5.41) is 26.7. The normalized spacial score (nSPS) is 22.6. The van der Waals surface area contributed by atoms with Gasteiger partial charge in [-0.2, -0.15) is 9.97 Å². The fraction of sp³-hybridized carbons (Fsp3) is 0.375. The van der Waals surface area contributed by atoms with Crippen LogP contribution in [0, 0.1) is 5.82 Å². The minimum atomic E-state index is -0.586. The molecule has 3 fully saturated rings. The number of aliphatic hydroxyl groups excluding tert-OH is 1. The molecule has 9 heteroatoms. The maximum absolute atomic E-state index is 16.9. The second kappa shape index (κ2) is 10.2. The fourth-order valence-corrected chi connectivity index (χ4v) is 6.92. The van der Waals surface area contributed by atoms with E-state index in [2.05, 4.69) is 26.7 Å². The first-order chi connectivity index (χ1) is 19.9. The van der Waals surface area contributed by atoms with E-state index in [-0.39, 0.29) is 35.5 Å². The van der Waals surface area contributed by atoms with Crippen molar-refractivity contribution in [2.24, 2.45) is 0 Å². The van der Waals surface area contributed by atoms with Crippen molar-refractivity contribution in [1.82, 2.24) is 20.2 Å². The molecule has 0 radical (unpaired) electrons. The van der Waals surface area contributed by atoms with E-state index in [0.29, 0.717) is 40.2 Å². The van der Waals surface area contributed by atoms with Gasteiger partial charge in [-0.1, -0.05) is 30.8 Å². The van der Waals surface area contributed by atoms with E-state index in [1.165, 1.54) is 6.07 Å². The fourth-order valence-electron chi connectivity index (χ4n) is 6.92. The van der Waals surface area contributed by atoms with Crippen molar-refractivity contribution in [3.63, 3.8) is 0 Å². The number of halogens is 1. The zero-order chi connectivity index (χ0) is 28.2. The van der Waals surface area contributed by atoms with Crippen LogP contribution in [-0.4, -0.2) is 69.9 Å². The number of hydrogen-bond acceptors (Lipinski definition) is 8. The van der Waals surface area contributed by atoms with E-state index in [4.69, 9.17) is 9.72 Å². The van der Waals surface area contributed by atoms with Crippen LogP contribution in [0.25, 0.3) is 32.8 Å². The minimum absolute atomic E-state index is 0.0164. The molecule has 2 bridgehead atoms. The summed E-state index contributed by atoms with van der Waals surface area (Å²) in [6.07, 6.45) is 4.16. The van der Waals surface area contributed by atoms with E-state index >= 15 is 4.39 Å². The lowest BCUT2D eigenvalue weighted by Gasteiger charge is -2.34. The van der Waals surface area contributed by atoms with Crippen molar-refractivity contribution in [3.8, 4) is 22.9 Å². The molecule has 212 valence electrons. The predicted octanol–water partition coefficient (Wildman–Crippen LogP) is 4.71. The third-order valence-corrected chi connectivity index (χ3v) is 8.89. The number of rotatable bonds is 6. The number of aliphatic hydroxyl groups is 1. The third kappa shape index (κ3) is 4.58. The van der Waals surface area contributed by atoms with Gasteiger partial charge >= 0.3 is 6.01 Å². The van der Waals surface area contributed by atoms with Gasteiger partial charge in [0.2, 0.25) is 0 Å². The lowest BCUT2D eigenvalue weighted by molar-refractivity contribution is 0.259. The van der Waals surface area contributed by atoms with Crippen LogP contribution in [-0.2, 0) is 6.61 Å². The molecule has 1 aromatic heterocycles. The van der Waals surface area contributed by atoms with Gasteiger partial charge in [0.15, 0.2) is 5.82 Å². The van der Waals surface area contributed by atoms with Crippen LogP contribution in [0.5, 0.6) is 11.8 Å². The summed E-state index contributed by atoms with van der Waals surface area (Å²) >= 11 is 0. The monoisotopic (exact) mass is 555 g/mol. The lowest BCUT2D eigenvalue weighted by atomic mass is 9.92. The molecule has 3 aliphatic rings. The maximum Gasteiger partial charge on any atom is 0.324 e. The van der Waals surface area contributed by atoms with Crippen LogP contribution in [0.3, 0.4) is 0 Å². The molecule has 4 aromatic rings. The van der Waals surface area contributed by atoms with Crippen LogP contribution in [0.1, 0.15) is 31.2 Å². The number of aromatic hydroxyl groups is 1. The molecule has 3 aromatic carbocycles.